The van der Waals surface area contributed by atoms with Crippen LogP contribution in [-0.2, 0) is 4.79 Å². The summed E-state index contributed by atoms with van der Waals surface area (Å²) >= 11 is 6.25. The Hall–Kier alpha value is -2.31. The van der Waals surface area contributed by atoms with E-state index in [1.54, 1.807) is 0 Å². The highest BCUT2D eigenvalue weighted by Gasteiger charge is 2.21. The Morgan fingerprint density at radius 1 is 1.08 bits per heavy atom. The van der Waals surface area contributed by atoms with Gasteiger partial charge < -0.3 is 14.8 Å². The minimum atomic E-state index is -0.145. The van der Waals surface area contributed by atoms with Crippen LogP contribution in [0.1, 0.15) is 17.5 Å². The first-order valence-corrected chi connectivity index (χ1v) is 9.50. The van der Waals surface area contributed by atoms with Gasteiger partial charge in [0.05, 0.1) is 18.1 Å². The minimum absolute atomic E-state index is 0.145. The van der Waals surface area contributed by atoms with Crippen molar-refractivity contribution in [3.05, 3.63) is 64.6 Å². The van der Waals surface area contributed by atoms with E-state index < -0.39 is 0 Å². The average molecular weight is 386 g/mol. The summed E-state index contributed by atoms with van der Waals surface area (Å²) in [5.41, 5.74) is 2.12. The Balaban J connectivity index is 1.42. The number of nitrogens with one attached hydrogen (secondary N) is 1. The van der Waals surface area contributed by atoms with Crippen LogP contribution >= 0.6 is 24.0 Å². The number of thiocarbonyl (C=S) groups is 1. The summed E-state index contributed by atoms with van der Waals surface area (Å²) in [4.78, 5) is 12.3. The van der Waals surface area contributed by atoms with Gasteiger partial charge in [0, 0.05) is 6.42 Å². The lowest BCUT2D eigenvalue weighted by Crippen LogP contribution is -2.17. The number of thioether (sulfide) groups is 1. The van der Waals surface area contributed by atoms with Gasteiger partial charge >= 0.3 is 0 Å². The average Bonchev–Trinajstić information content (AvgIpc) is 2.93. The molecular weight excluding hydrogens is 366 g/mol. The van der Waals surface area contributed by atoms with Gasteiger partial charge in [0.25, 0.3) is 5.91 Å². The molecule has 1 saturated heterocycles. The molecule has 134 valence electrons. The number of ether oxygens (including phenoxy) is 2. The van der Waals surface area contributed by atoms with E-state index in [0.29, 0.717) is 22.4 Å². The first kappa shape index (κ1) is 18.5. The summed E-state index contributed by atoms with van der Waals surface area (Å²) in [6.45, 7) is 3.24. The third kappa shape index (κ3) is 5.34. The highest BCUT2D eigenvalue weighted by molar-refractivity contribution is 8.26. The molecule has 1 fully saturated rings. The van der Waals surface area contributed by atoms with Crippen LogP contribution in [0.4, 0.5) is 0 Å². The SMILES string of the molecule is Cc1cccc(OCCCOc2ccc(/C=C3/SC(=S)NC3=O)cc2)c1. The molecule has 2 aromatic rings. The van der Waals surface area contributed by atoms with E-state index in [0.717, 1.165) is 23.5 Å². The number of hydrogen-bond acceptors (Lipinski definition) is 5. The standard InChI is InChI=1S/C20H19NO3S2/c1-14-4-2-5-17(12-14)24-11-3-10-23-16-8-6-15(7-9-16)13-18-19(22)21-20(25)26-18/h2,4-9,12-13H,3,10-11H2,1H3,(H,21,22,25)/b18-13+. The third-order valence-corrected chi connectivity index (χ3v) is 4.80. The zero-order valence-electron chi connectivity index (χ0n) is 14.4. The highest BCUT2D eigenvalue weighted by Crippen LogP contribution is 2.26. The summed E-state index contributed by atoms with van der Waals surface area (Å²) in [7, 11) is 0. The monoisotopic (exact) mass is 385 g/mol. The molecule has 4 nitrogen and oxygen atoms in total. The molecule has 1 heterocycles. The molecule has 0 atom stereocenters. The fourth-order valence-electron chi connectivity index (χ4n) is 2.38. The molecule has 1 amide bonds. The molecular formula is C20H19NO3S2. The summed E-state index contributed by atoms with van der Waals surface area (Å²) in [5, 5.41) is 2.60. The molecule has 0 bridgehead atoms. The lowest BCUT2D eigenvalue weighted by atomic mass is 10.2. The molecule has 0 unspecified atom stereocenters. The van der Waals surface area contributed by atoms with Gasteiger partial charge in [-0.05, 0) is 48.4 Å². The topological polar surface area (TPSA) is 47.6 Å². The molecule has 0 radical (unpaired) electrons. The summed E-state index contributed by atoms with van der Waals surface area (Å²) in [6.07, 6.45) is 2.62. The summed E-state index contributed by atoms with van der Waals surface area (Å²) < 4.78 is 11.9. The zero-order valence-corrected chi connectivity index (χ0v) is 16.0. The van der Waals surface area contributed by atoms with Crippen molar-refractivity contribution in [1.29, 1.82) is 0 Å². The third-order valence-electron chi connectivity index (χ3n) is 3.64. The van der Waals surface area contributed by atoms with Crippen LogP contribution in [-0.4, -0.2) is 23.4 Å². The number of carbonyl (C=O) groups excluding carboxylic acids is 1. The fourth-order valence-corrected chi connectivity index (χ4v) is 3.42. The number of carbonyl (C=O) groups is 1. The maximum atomic E-state index is 11.7. The minimum Gasteiger partial charge on any atom is -0.493 e. The van der Waals surface area contributed by atoms with Crippen molar-refractivity contribution < 1.29 is 14.3 Å². The number of benzene rings is 2. The van der Waals surface area contributed by atoms with Gasteiger partial charge in [-0.1, -0.05) is 48.2 Å². The van der Waals surface area contributed by atoms with E-state index in [9.17, 15) is 4.79 Å². The van der Waals surface area contributed by atoms with E-state index in [2.05, 4.69) is 5.32 Å². The number of hydrogen-bond donors (Lipinski definition) is 1. The molecule has 1 aliphatic rings. The Bertz CT molecular complexity index is 831. The van der Waals surface area contributed by atoms with Crippen LogP contribution in [0.3, 0.4) is 0 Å². The van der Waals surface area contributed by atoms with Gasteiger partial charge in [0.15, 0.2) is 0 Å². The number of aryl methyl sites for hydroxylation is 1. The number of rotatable bonds is 7. The normalized spacial score (nSPS) is 15.2. The predicted molar refractivity (Wildman–Crippen MR) is 110 cm³/mol. The van der Waals surface area contributed by atoms with Gasteiger partial charge in [0.1, 0.15) is 15.8 Å². The zero-order chi connectivity index (χ0) is 18.4. The van der Waals surface area contributed by atoms with Crippen LogP contribution in [0.25, 0.3) is 6.08 Å². The maximum Gasteiger partial charge on any atom is 0.263 e. The molecule has 0 saturated carbocycles. The molecule has 26 heavy (non-hydrogen) atoms. The summed E-state index contributed by atoms with van der Waals surface area (Å²) in [5.74, 6) is 1.53. The lowest BCUT2D eigenvalue weighted by molar-refractivity contribution is -0.115. The Labute approximate surface area is 162 Å². The van der Waals surface area contributed by atoms with Crippen molar-refractivity contribution in [3.8, 4) is 11.5 Å². The molecule has 6 heteroatoms. The molecule has 1 aliphatic heterocycles. The highest BCUT2D eigenvalue weighted by atomic mass is 32.2. The van der Waals surface area contributed by atoms with Crippen molar-refractivity contribution in [2.45, 2.75) is 13.3 Å². The van der Waals surface area contributed by atoms with Crippen molar-refractivity contribution in [2.75, 3.05) is 13.2 Å². The molecule has 2 aromatic carbocycles. The summed E-state index contributed by atoms with van der Waals surface area (Å²) in [6, 6.07) is 15.6. The van der Waals surface area contributed by atoms with Crippen LogP contribution in [0.15, 0.2) is 53.4 Å². The van der Waals surface area contributed by atoms with Gasteiger partial charge in [0.2, 0.25) is 0 Å². The molecule has 0 aromatic heterocycles. The maximum absolute atomic E-state index is 11.7. The molecule has 3 rings (SSSR count). The van der Waals surface area contributed by atoms with Gasteiger partial charge in [-0.3, -0.25) is 4.79 Å². The predicted octanol–water partition coefficient (Wildman–Crippen LogP) is 4.33. The van der Waals surface area contributed by atoms with E-state index >= 15 is 0 Å². The molecule has 0 spiro atoms. The first-order chi connectivity index (χ1) is 12.6. The number of amides is 1. The van der Waals surface area contributed by atoms with Gasteiger partial charge in [-0.25, -0.2) is 0 Å². The van der Waals surface area contributed by atoms with Crippen molar-refractivity contribution in [3.63, 3.8) is 0 Å². The van der Waals surface area contributed by atoms with E-state index in [-0.39, 0.29) is 5.91 Å². The Kier molecular flexibility index (Phi) is 6.30. The Morgan fingerprint density at radius 3 is 2.46 bits per heavy atom. The van der Waals surface area contributed by atoms with Gasteiger partial charge in [-0.2, -0.15) is 0 Å². The first-order valence-electron chi connectivity index (χ1n) is 8.27. The van der Waals surface area contributed by atoms with Crippen molar-refractivity contribution in [1.82, 2.24) is 5.32 Å². The smallest absolute Gasteiger partial charge is 0.263 e. The quantitative estimate of drug-likeness (QED) is 0.437. The second-order valence-electron chi connectivity index (χ2n) is 5.79. The van der Waals surface area contributed by atoms with Crippen LogP contribution in [0.5, 0.6) is 11.5 Å². The molecule has 0 aliphatic carbocycles. The Morgan fingerprint density at radius 2 is 1.81 bits per heavy atom. The van der Waals surface area contributed by atoms with Crippen LogP contribution in [0.2, 0.25) is 0 Å². The van der Waals surface area contributed by atoms with Crippen LogP contribution < -0.4 is 14.8 Å². The van der Waals surface area contributed by atoms with Gasteiger partial charge in [-0.15, -0.1) is 0 Å². The van der Waals surface area contributed by atoms with Crippen molar-refractivity contribution >= 4 is 40.3 Å². The van der Waals surface area contributed by atoms with E-state index in [1.807, 2.05) is 61.5 Å². The largest absolute Gasteiger partial charge is 0.493 e. The van der Waals surface area contributed by atoms with E-state index in [4.69, 9.17) is 21.7 Å². The fraction of sp³-hybridized carbons (Fsp3) is 0.200. The van der Waals surface area contributed by atoms with Crippen molar-refractivity contribution in [2.24, 2.45) is 0 Å². The lowest BCUT2D eigenvalue weighted by Gasteiger charge is -2.08. The second-order valence-corrected chi connectivity index (χ2v) is 7.51. The van der Waals surface area contributed by atoms with Crippen LogP contribution in [0, 0.1) is 6.92 Å². The molecule has 1 N–H and O–H groups in total. The second kappa shape index (κ2) is 8.87. The van der Waals surface area contributed by atoms with E-state index in [1.165, 1.54) is 17.3 Å².